The molecule has 0 saturated carbocycles. The van der Waals surface area contributed by atoms with Gasteiger partial charge in [-0.2, -0.15) is 0 Å². The lowest BCUT2D eigenvalue weighted by Crippen LogP contribution is -2.22. The standard InChI is InChI=1S/C13H15FN4/c14-11-3-1-4-12(9-11)18(8-2-6-15)13-5-7-16-10-17-13/h1,3-5,7,9-10H,2,6,8,15H2. The molecule has 0 atom stereocenters. The molecule has 0 unspecified atom stereocenters. The number of halogens is 1. The van der Waals surface area contributed by atoms with Crippen molar-refractivity contribution in [2.24, 2.45) is 5.73 Å². The monoisotopic (exact) mass is 246 g/mol. The molecule has 1 aromatic heterocycles. The fourth-order valence-electron chi connectivity index (χ4n) is 1.71. The number of hydrogen-bond acceptors (Lipinski definition) is 4. The van der Waals surface area contributed by atoms with Crippen LogP contribution in [-0.2, 0) is 0 Å². The maximum atomic E-state index is 13.3. The van der Waals surface area contributed by atoms with E-state index in [1.807, 2.05) is 11.0 Å². The van der Waals surface area contributed by atoms with Gasteiger partial charge < -0.3 is 10.6 Å². The number of benzene rings is 1. The molecule has 5 heteroatoms. The summed E-state index contributed by atoms with van der Waals surface area (Å²) >= 11 is 0. The first-order valence-electron chi connectivity index (χ1n) is 5.80. The summed E-state index contributed by atoms with van der Waals surface area (Å²) in [6.07, 6.45) is 3.95. The Kier molecular flexibility index (Phi) is 4.20. The molecule has 94 valence electrons. The quantitative estimate of drug-likeness (QED) is 0.877. The summed E-state index contributed by atoms with van der Waals surface area (Å²) < 4.78 is 13.3. The molecule has 0 amide bonds. The van der Waals surface area contributed by atoms with Crippen LogP contribution in [0.15, 0.2) is 42.9 Å². The van der Waals surface area contributed by atoms with Crippen LogP contribution in [0.3, 0.4) is 0 Å². The zero-order chi connectivity index (χ0) is 12.8. The van der Waals surface area contributed by atoms with E-state index >= 15 is 0 Å². The molecule has 0 aliphatic rings. The lowest BCUT2D eigenvalue weighted by Gasteiger charge is -2.23. The van der Waals surface area contributed by atoms with Gasteiger partial charge in [0.1, 0.15) is 18.0 Å². The van der Waals surface area contributed by atoms with Crippen LogP contribution in [-0.4, -0.2) is 23.1 Å². The zero-order valence-electron chi connectivity index (χ0n) is 9.96. The lowest BCUT2D eigenvalue weighted by molar-refractivity contribution is 0.627. The molecule has 0 radical (unpaired) electrons. The van der Waals surface area contributed by atoms with Gasteiger partial charge in [0.2, 0.25) is 0 Å². The Balaban J connectivity index is 2.31. The minimum Gasteiger partial charge on any atom is -0.330 e. The molecule has 1 aromatic carbocycles. The number of hydrogen-bond donors (Lipinski definition) is 1. The molecule has 0 saturated heterocycles. The van der Waals surface area contributed by atoms with Gasteiger partial charge in [-0.15, -0.1) is 0 Å². The third-order valence-corrected chi connectivity index (χ3v) is 2.55. The molecule has 2 aromatic rings. The van der Waals surface area contributed by atoms with Crippen LogP contribution >= 0.6 is 0 Å². The van der Waals surface area contributed by atoms with E-state index in [2.05, 4.69) is 9.97 Å². The van der Waals surface area contributed by atoms with Crippen LogP contribution in [0.25, 0.3) is 0 Å². The van der Waals surface area contributed by atoms with Crippen molar-refractivity contribution in [1.82, 2.24) is 9.97 Å². The molecule has 2 rings (SSSR count). The molecule has 2 N–H and O–H groups in total. The normalized spacial score (nSPS) is 10.3. The Morgan fingerprint density at radius 1 is 1.28 bits per heavy atom. The van der Waals surface area contributed by atoms with Crippen molar-refractivity contribution in [3.63, 3.8) is 0 Å². The molecular formula is C13H15FN4. The maximum absolute atomic E-state index is 13.3. The highest BCUT2D eigenvalue weighted by atomic mass is 19.1. The second kappa shape index (κ2) is 6.07. The van der Waals surface area contributed by atoms with Crippen LogP contribution in [0.1, 0.15) is 6.42 Å². The highest BCUT2D eigenvalue weighted by Crippen LogP contribution is 2.23. The Labute approximate surface area is 105 Å². The van der Waals surface area contributed by atoms with E-state index in [1.165, 1.54) is 18.5 Å². The lowest BCUT2D eigenvalue weighted by atomic mass is 10.2. The van der Waals surface area contributed by atoms with E-state index in [0.717, 1.165) is 17.9 Å². The molecule has 0 bridgehead atoms. The summed E-state index contributed by atoms with van der Waals surface area (Å²) in [5.74, 6) is 0.475. The Hall–Kier alpha value is -2.01. The van der Waals surface area contributed by atoms with E-state index in [4.69, 9.17) is 5.73 Å². The molecule has 0 fully saturated rings. The Bertz CT molecular complexity index is 489. The second-order valence-corrected chi connectivity index (χ2v) is 3.84. The zero-order valence-corrected chi connectivity index (χ0v) is 9.96. The largest absolute Gasteiger partial charge is 0.330 e. The van der Waals surface area contributed by atoms with Gasteiger partial charge in [-0.25, -0.2) is 14.4 Å². The number of rotatable bonds is 5. The van der Waals surface area contributed by atoms with Crippen LogP contribution in [0.2, 0.25) is 0 Å². The van der Waals surface area contributed by atoms with Gasteiger partial charge in [-0.05, 0) is 37.2 Å². The van der Waals surface area contributed by atoms with E-state index in [0.29, 0.717) is 13.1 Å². The van der Waals surface area contributed by atoms with Gasteiger partial charge >= 0.3 is 0 Å². The molecule has 0 aliphatic heterocycles. The van der Waals surface area contributed by atoms with Crippen LogP contribution in [0, 0.1) is 5.82 Å². The summed E-state index contributed by atoms with van der Waals surface area (Å²) in [6.45, 7) is 1.27. The van der Waals surface area contributed by atoms with Crippen molar-refractivity contribution in [3.05, 3.63) is 48.7 Å². The van der Waals surface area contributed by atoms with Crippen molar-refractivity contribution in [2.75, 3.05) is 18.0 Å². The molecule has 18 heavy (non-hydrogen) atoms. The molecule has 0 aliphatic carbocycles. The van der Waals surface area contributed by atoms with Gasteiger partial charge in [-0.3, -0.25) is 0 Å². The average molecular weight is 246 g/mol. The summed E-state index contributed by atoms with van der Waals surface area (Å²) in [6, 6.07) is 8.23. The van der Waals surface area contributed by atoms with Gasteiger partial charge in [0.25, 0.3) is 0 Å². The van der Waals surface area contributed by atoms with E-state index in [-0.39, 0.29) is 5.82 Å². The Morgan fingerprint density at radius 3 is 2.83 bits per heavy atom. The second-order valence-electron chi connectivity index (χ2n) is 3.84. The summed E-state index contributed by atoms with van der Waals surface area (Å²) in [7, 11) is 0. The topological polar surface area (TPSA) is 55.0 Å². The van der Waals surface area contributed by atoms with E-state index in [9.17, 15) is 4.39 Å². The van der Waals surface area contributed by atoms with Gasteiger partial charge in [0.05, 0.1) is 0 Å². The Morgan fingerprint density at radius 2 is 2.17 bits per heavy atom. The van der Waals surface area contributed by atoms with Gasteiger partial charge in [-0.1, -0.05) is 6.07 Å². The van der Waals surface area contributed by atoms with Crippen molar-refractivity contribution >= 4 is 11.5 Å². The summed E-state index contributed by atoms with van der Waals surface area (Å²) in [5, 5.41) is 0. The first kappa shape index (κ1) is 12.4. The predicted octanol–water partition coefficient (Wildman–Crippen LogP) is 2.10. The van der Waals surface area contributed by atoms with Crippen molar-refractivity contribution in [1.29, 1.82) is 0 Å². The maximum Gasteiger partial charge on any atom is 0.136 e. The SMILES string of the molecule is NCCCN(c1cccc(F)c1)c1ccncn1. The smallest absolute Gasteiger partial charge is 0.136 e. The molecule has 0 spiro atoms. The third kappa shape index (κ3) is 3.01. The summed E-state index contributed by atoms with van der Waals surface area (Å²) in [4.78, 5) is 10.0. The summed E-state index contributed by atoms with van der Waals surface area (Å²) in [5.41, 5.74) is 6.30. The number of nitrogens with two attached hydrogens (primary N) is 1. The average Bonchev–Trinajstić information content (AvgIpc) is 2.40. The van der Waals surface area contributed by atoms with E-state index < -0.39 is 0 Å². The van der Waals surface area contributed by atoms with Crippen molar-refractivity contribution in [3.8, 4) is 0 Å². The van der Waals surface area contributed by atoms with E-state index in [1.54, 1.807) is 18.3 Å². The highest BCUT2D eigenvalue weighted by molar-refractivity contribution is 5.59. The highest BCUT2D eigenvalue weighted by Gasteiger charge is 2.10. The van der Waals surface area contributed by atoms with Crippen LogP contribution in [0.5, 0.6) is 0 Å². The first-order chi connectivity index (χ1) is 8.81. The fourth-order valence-corrected chi connectivity index (χ4v) is 1.71. The predicted molar refractivity (Wildman–Crippen MR) is 69.1 cm³/mol. The van der Waals surface area contributed by atoms with Crippen LogP contribution < -0.4 is 10.6 Å². The van der Waals surface area contributed by atoms with Crippen LogP contribution in [0.4, 0.5) is 15.9 Å². The number of anilines is 2. The third-order valence-electron chi connectivity index (χ3n) is 2.55. The minimum absolute atomic E-state index is 0.265. The fraction of sp³-hybridized carbons (Fsp3) is 0.231. The molecule has 4 nitrogen and oxygen atoms in total. The first-order valence-corrected chi connectivity index (χ1v) is 5.80. The van der Waals surface area contributed by atoms with Gasteiger partial charge in [0, 0.05) is 18.4 Å². The van der Waals surface area contributed by atoms with Gasteiger partial charge in [0.15, 0.2) is 0 Å². The molecular weight excluding hydrogens is 231 g/mol. The molecule has 1 heterocycles. The number of nitrogens with zero attached hydrogens (tertiary/aromatic N) is 3. The van der Waals surface area contributed by atoms with Crippen molar-refractivity contribution in [2.45, 2.75) is 6.42 Å². The minimum atomic E-state index is -0.265. The number of aromatic nitrogens is 2. The van der Waals surface area contributed by atoms with Crippen molar-refractivity contribution < 1.29 is 4.39 Å².